The molecule has 2 heterocycles. The van der Waals surface area contributed by atoms with E-state index < -0.39 is 0 Å². The zero-order valence-electron chi connectivity index (χ0n) is 10.6. The van der Waals surface area contributed by atoms with Crippen LogP contribution in [-0.2, 0) is 4.79 Å². The van der Waals surface area contributed by atoms with Crippen molar-refractivity contribution in [3.8, 4) is 0 Å². The molecule has 0 aromatic heterocycles. The van der Waals surface area contributed by atoms with Gasteiger partial charge in [0.05, 0.1) is 0 Å². The molecule has 2 rings (SSSR count). The number of carbonyl (C=O) groups is 1. The molecule has 2 saturated heterocycles. The number of hydrogen-bond acceptors (Lipinski definition) is 2. The normalized spacial score (nSPS) is 30.5. The van der Waals surface area contributed by atoms with Gasteiger partial charge in [-0.15, -0.1) is 0 Å². The van der Waals surface area contributed by atoms with Gasteiger partial charge in [-0.1, -0.05) is 13.8 Å². The first-order valence-corrected chi connectivity index (χ1v) is 6.58. The summed E-state index contributed by atoms with van der Waals surface area (Å²) in [5.41, 5.74) is 0.341. The number of nitrogens with one attached hydrogen (secondary N) is 1. The smallest absolute Gasteiger partial charge is 0.222 e. The van der Waals surface area contributed by atoms with Gasteiger partial charge in [0.25, 0.3) is 0 Å². The number of rotatable bonds is 2. The van der Waals surface area contributed by atoms with Gasteiger partial charge in [-0.2, -0.15) is 0 Å². The van der Waals surface area contributed by atoms with Crippen LogP contribution in [0.15, 0.2) is 0 Å². The topological polar surface area (TPSA) is 32.3 Å². The van der Waals surface area contributed by atoms with E-state index in [0.29, 0.717) is 17.4 Å². The monoisotopic (exact) mass is 224 g/mol. The summed E-state index contributed by atoms with van der Waals surface area (Å²) in [6.07, 6.45) is 5.41. The van der Waals surface area contributed by atoms with Gasteiger partial charge >= 0.3 is 0 Å². The molecule has 0 aromatic carbocycles. The Hall–Kier alpha value is -0.570. The molecule has 0 saturated carbocycles. The van der Waals surface area contributed by atoms with Crippen molar-refractivity contribution >= 4 is 5.91 Å². The molecule has 0 aliphatic carbocycles. The minimum Gasteiger partial charge on any atom is -0.341 e. The highest BCUT2D eigenvalue weighted by Crippen LogP contribution is 2.30. The van der Waals surface area contributed by atoms with E-state index in [2.05, 4.69) is 24.1 Å². The van der Waals surface area contributed by atoms with Crippen LogP contribution in [0.1, 0.15) is 46.0 Å². The highest BCUT2D eigenvalue weighted by molar-refractivity contribution is 5.76. The number of nitrogens with zero attached hydrogens (tertiary/aromatic N) is 1. The van der Waals surface area contributed by atoms with Crippen LogP contribution >= 0.6 is 0 Å². The zero-order valence-corrected chi connectivity index (χ0v) is 10.6. The molecule has 3 heteroatoms. The van der Waals surface area contributed by atoms with E-state index in [0.717, 1.165) is 38.9 Å². The highest BCUT2D eigenvalue weighted by atomic mass is 16.2. The third-order valence-corrected chi connectivity index (χ3v) is 4.03. The number of likely N-dealkylation sites (tertiary alicyclic amines) is 1. The van der Waals surface area contributed by atoms with Gasteiger partial charge in [0.1, 0.15) is 0 Å². The van der Waals surface area contributed by atoms with Crippen molar-refractivity contribution in [1.29, 1.82) is 0 Å². The predicted molar refractivity (Wildman–Crippen MR) is 65.2 cm³/mol. The molecule has 0 aromatic rings. The van der Waals surface area contributed by atoms with Crippen LogP contribution in [0.5, 0.6) is 0 Å². The largest absolute Gasteiger partial charge is 0.341 e. The summed E-state index contributed by atoms with van der Waals surface area (Å²) < 4.78 is 0. The van der Waals surface area contributed by atoms with Crippen LogP contribution in [-0.4, -0.2) is 36.5 Å². The first-order chi connectivity index (χ1) is 7.57. The van der Waals surface area contributed by atoms with Gasteiger partial charge in [0.15, 0.2) is 0 Å². The molecule has 2 aliphatic heterocycles. The lowest BCUT2D eigenvalue weighted by atomic mass is 9.85. The minimum atomic E-state index is 0.341. The third kappa shape index (κ3) is 2.97. The molecule has 1 amide bonds. The van der Waals surface area contributed by atoms with E-state index >= 15 is 0 Å². The van der Waals surface area contributed by atoms with Gasteiger partial charge in [-0.3, -0.25) is 4.79 Å². The Bertz CT molecular complexity index is 257. The van der Waals surface area contributed by atoms with Gasteiger partial charge in [-0.25, -0.2) is 0 Å². The number of carbonyl (C=O) groups excluding carboxylic acids is 1. The van der Waals surface area contributed by atoms with Crippen LogP contribution in [0.3, 0.4) is 0 Å². The molecule has 92 valence electrons. The van der Waals surface area contributed by atoms with E-state index in [-0.39, 0.29) is 0 Å². The van der Waals surface area contributed by atoms with Gasteiger partial charge in [0, 0.05) is 25.6 Å². The Kier molecular flexibility index (Phi) is 3.53. The van der Waals surface area contributed by atoms with E-state index in [1.54, 1.807) is 0 Å². The van der Waals surface area contributed by atoms with Crippen LogP contribution in [0.25, 0.3) is 0 Å². The van der Waals surface area contributed by atoms with Gasteiger partial charge in [0.2, 0.25) is 5.91 Å². The SMILES string of the molecule is CC1(C)CCC(=O)N(C[C@H]2CCCN2)CC1. The first kappa shape index (κ1) is 11.9. The molecule has 16 heavy (non-hydrogen) atoms. The van der Waals surface area contributed by atoms with Crippen molar-refractivity contribution in [1.82, 2.24) is 10.2 Å². The Morgan fingerprint density at radius 1 is 1.44 bits per heavy atom. The third-order valence-electron chi connectivity index (χ3n) is 4.03. The predicted octanol–water partition coefficient (Wildman–Crippen LogP) is 1.78. The highest BCUT2D eigenvalue weighted by Gasteiger charge is 2.29. The molecular formula is C13H24N2O. The molecule has 0 bridgehead atoms. The summed E-state index contributed by atoms with van der Waals surface area (Å²) >= 11 is 0. The molecule has 0 unspecified atom stereocenters. The van der Waals surface area contributed by atoms with Crippen LogP contribution in [0.4, 0.5) is 0 Å². The molecule has 1 atom stereocenters. The van der Waals surface area contributed by atoms with Gasteiger partial charge in [-0.05, 0) is 37.6 Å². The molecular weight excluding hydrogens is 200 g/mol. The first-order valence-electron chi connectivity index (χ1n) is 6.58. The lowest BCUT2D eigenvalue weighted by Crippen LogP contribution is -2.40. The quantitative estimate of drug-likeness (QED) is 0.775. The van der Waals surface area contributed by atoms with E-state index in [1.807, 2.05) is 0 Å². The Morgan fingerprint density at radius 2 is 2.25 bits per heavy atom. The Morgan fingerprint density at radius 3 is 2.94 bits per heavy atom. The average Bonchev–Trinajstić information content (AvgIpc) is 2.69. The Balaban J connectivity index is 1.90. The van der Waals surface area contributed by atoms with E-state index in [1.165, 1.54) is 12.8 Å². The fraction of sp³-hybridized carbons (Fsp3) is 0.923. The van der Waals surface area contributed by atoms with E-state index in [4.69, 9.17) is 0 Å². The fourth-order valence-electron chi connectivity index (χ4n) is 2.66. The zero-order chi connectivity index (χ0) is 11.6. The van der Waals surface area contributed by atoms with Crippen LogP contribution < -0.4 is 5.32 Å². The van der Waals surface area contributed by atoms with Crippen molar-refractivity contribution in [3.63, 3.8) is 0 Å². The molecule has 0 spiro atoms. The maximum atomic E-state index is 12.0. The molecule has 2 aliphatic rings. The molecule has 3 nitrogen and oxygen atoms in total. The molecule has 0 radical (unpaired) electrons. The second kappa shape index (κ2) is 4.74. The summed E-state index contributed by atoms with van der Waals surface area (Å²) in [5.74, 6) is 0.360. The van der Waals surface area contributed by atoms with Gasteiger partial charge < -0.3 is 10.2 Å². The van der Waals surface area contributed by atoms with Crippen molar-refractivity contribution < 1.29 is 4.79 Å². The summed E-state index contributed by atoms with van der Waals surface area (Å²) in [7, 11) is 0. The second-order valence-electron chi connectivity index (χ2n) is 6.05. The maximum Gasteiger partial charge on any atom is 0.222 e. The summed E-state index contributed by atoms with van der Waals surface area (Å²) in [5, 5.41) is 3.47. The minimum absolute atomic E-state index is 0.341. The number of hydrogen-bond donors (Lipinski definition) is 1. The summed E-state index contributed by atoms with van der Waals surface area (Å²) in [4.78, 5) is 14.1. The fourth-order valence-corrected chi connectivity index (χ4v) is 2.66. The van der Waals surface area contributed by atoms with Crippen molar-refractivity contribution in [2.45, 2.75) is 52.0 Å². The Labute approximate surface area is 98.6 Å². The van der Waals surface area contributed by atoms with Crippen molar-refractivity contribution in [2.24, 2.45) is 5.41 Å². The average molecular weight is 224 g/mol. The molecule has 1 N–H and O–H groups in total. The standard InChI is InChI=1S/C13H24N2O/c1-13(2)6-5-12(16)15(9-7-13)10-11-4-3-8-14-11/h11,14H,3-10H2,1-2H3/t11-/m1/s1. The maximum absolute atomic E-state index is 12.0. The molecule has 2 fully saturated rings. The number of amides is 1. The summed E-state index contributed by atoms with van der Waals surface area (Å²) in [6.45, 7) is 7.55. The van der Waals surface area contributed by atoms with Crippen molar-refractivity contribution in [3.05, 3.63) is 0 Å². The summed E-state index contributed by atoms with van der Waals surface area (Å²) in [6, 6.07) is 0.546. The lowest BCUT2D eigenvalue weighted by molar-refractivity contribution is -0.131. The van der Waals surface area contributed by atoms with Crippen LogP contribution in [0, 0.1) is 5.41 Å². The lowest BCUT2D eigenvalue weighted by Gasteiger charge is -2.25. The van der Waals surface area contributed by atoms with Crippen molar-refractivity contribution in [2.75, 3.05) is 19.6 Å². The van der Waals surface area contributed by atoms with E-state index in [9.17, 15) is 4.79 Å². The van der Waals surface area contributed by atoms with Crippen LogP contribution in [0.2, 0.25) is 0 Å². The second-order valence-corrected chi connectivity index (χ2v) is 6.05.